The van der Waals surface area contributed by atoms with Crippen molar-refractivity contribution in [2.45, 2.75) is 0 Å². The van der Waals surface area contributed by atoms with E-state index in [1.54, 1.807) is 0 Å². The zero-order chi connectivity index (χ0) is 8.27. The fourth-order valence-corrected chi connectivity index (χ4v) is 0.603. The van der Waals surface area contributed by atoms with Gasteiger partial charge >= 0.3 is 6.16 Å². The molecule has 0 unspecified atom stereocenters. The maximum absolute atomic E-state index is 12.2. The summed E-state index contributed by atoms with van der Waals surface area (Å²) in [5.41, 5.74) is 0. The van der Waals surface area contributed by atoms with E-state index < -0.39 is 12.0 Å². The second-order valence-electron chi connectivity index (χ2n) is 1.82. The van der Waals surface area contributed by atoms with Crippen molar-refractivity contribution >= 4 is 6.16 Å². The molecule has 3 nitrogen and oxygen atoms in total. The van der Waals surface area contributed by atoms with Crippen molar-refractivity contribution in [3.63, 3.8) is 0 Å². The van der Waals surface area contributed by atoms with Gasteiger partial charge in [-0.3, -0.25) is 0 Å². The number of benzene rings is 1. The van der Waals surface area contributed by atoms with Crippen molar-refractivity contribution in [2.75, 3.05) is 0 Å². The minimum atomic E-state index is -1.41. The molecule has 0 saturated carbocycles. The van der Waals surface area contributed by atoms with Gasteiger partial charge in [0.15, 0.2) is 0 Å². The highest BCUT2D eigenvalue weighted by Gasteiger charge is 1.98. The van der Waals surface area contributed by atoms with Crippen LogP contribution in [0.25, 0.3) is 0 Å². The Labute approximate surface area is 62.0 Å². The summed E-state index contributed by atoms with van der Waals surface area (Å²) in [6.45, 7) is 0. The van der Waals surface area contributed by atoms with Gasteiger partial charge in [-0.1, -0.05) is 0 Å². The number of hydrogen-bond donors (Lipinski definition) is 1. The maximum atomic E-state index is 12.2. The first-order valence-electron chi connectivity index (χ1n) is 2.85. The van der Waals surface area contributed by atoms with Crippen molar-refractivity contribution in [3.8, 4) is 5.75 Å². The van der Waals surface area contributed by atoms with E-state index in [9.17, 15) is 9.18 Å². The minimum Gasteiger partial charge on any atom is -0.449 e. The quantitative estimate of drug-likeness (QED) is 0.498. The summed E-state index contributed by atoms with van der Waals surface area (Å²) in [5, 5.41) is 8.12. The predicted octanol–water partition coefficient (Wildman–Crippen LogP) is 1.88. The number of carbonyl (C=O) groups is 1. The molecule has 1 aromatic rings. The van der Waals surface area contributed by atoms with E-state index in [0.717, 1.165) is 12.1 Å². The molecule has 0 amide bonds. The van der Waals surface area contributed by atoms with Crippen molar-refractivity contribution < 1.29 is 19.0 Å². The van der Waals surface area contributed by atoms with E-state index in [1.165, 1.54) is 12.1 Å². The first kappa shape index (κ1) is 7.53. The molecular formula is C7H5FO3. The van der Waals surface area contributed by atoms with E-state index in [1.807, 2.05) is 0 Å². The molecule has 1 N–H and O–H groups in total. The highest BCUT2D eigenvalue weighted by Crippen LogP contribution is 2.10. The van der Waals surface area contributed by atoms with Gasteiger partial charge in [-0.05, 0) is 24.3 Å². The lowest BCUT2D eigenvalue weighted by Crippen LogP contribution is -2.02. The average Bonchev–Trinajstić information content (AvgIpc) is 1.93. The Morgan fingerprint density at radius 2 is 1.91 bits per heavy atom. The van der Waals surface area contributed by atoms with E-state index in [2.05, 4.69) is 4.74 Å². The zero-order valence-corrected chi connectivity index (χ0v) is 5.45. The van der Waals surface area contributed by atoms with Crippen molar-refractivity contribution in [3.05, 3.63) is 30.1 Å². The molecule has 11 heavy (non-hydrogen) atoms. The van der Waals surface area contributed by atoms with E-state index in [-0.39, 0.29) is 5.75 Å². The Morgan fingerprint density at radius 3 is 2.36 bits per heavy atom. The molecule has 0 spiro atoms. The van der Waals surface area contributed by atoms with Crippen LogP contribution in [0.5, 0.6) is 5.75 Å². The summed E-state index contributed by atoms with van der Waals surface area (Å²) in [5.74, 6) is -0.318. The van der Waals surface area contributed by atoms with Crippen LogP contribution >= 0.6 is 0 Å². The molecule has 1 rings (SSSR count). The molecular weight excluding hydrogens is 151 g/mol. The highest BCUT2D eigenvalue weighted by molar-refractivity contribution is 5.60. The van der Waals surface area contributed by atoms with Crippen LogP contribution in [-0.4, -0.2) is 11.3 Å². The van der Waals surface area contributed by atoms with E-state index >= 15 is 0 Å². The first-order chi connectivity index (χ1) is 5.18. The van der Waals surface area contributed by atoms with Crippen LogP contribution in [0.4, 0.5) is 9.18 Å². The molecule has 0 radical (unpaired) electrons. The molecule has 0 aliphatic carbocycles. The molecule has 4 heteroatoms. The second-order valence-corrected chi connectivity index (χ2v) is 1.82. The van der Waals surface area contributed by atoms with Crippen molar-refractivity contribution in [1.29, 1.82) is 0 Å². The van der Waals surface area contributed by atoms with Crippen LogP contribution in [0, 0.1) is 5.82 Å². The summed E-state index contributed by atoms with van der Waals surface area (Å²) in [6, 6.07) is 4.73. The molecule has 0 aliphatic rings. The predicted molar refractivity (Wildman–Crippen MR) is 35.1 cm³/mol. The van der Waals surface area contributed by atoms with Gasteiger partial charge in [-0.25, -0.2) is 9.18 Å². The van der Waals surface area contributed by atoms with E-state index in [4.69, 9.17) is 5.11 Å². The molecule has 0 fully saturated rings. The van der Waals surface area contributed by atoms with Crippen molar-refractivity contribution in [2.24, 2.45) is 0 Å². The lowest BCUT2D eigenvalue weighted by molar-refractivity contribution is 0.144. The summed E-state index contributed by atoms with van der Waals surface area (Å²) >= 11 is 0. The summed E-state index contributed by atoms with van der Waals surface area (Å²) in [6.07, 6.45) is -1.41. The fraction of sp³-hybridized carbons (Fsp3) is 0. The topological polar surface area (TPSA) is 46.5 Å². The van der Waals surface area contributed by atoms with Crippen LogP contribution < -0.4 is 4.74 Å². The van der Waals surface area contributed by atoms with Crippen LogP contribution in [0.1, 0.15) is 0 Å². The maximum Gasteiger partial charge on any atom is 0.511 e. The van der Waals surface area contributed by atoms with Gasteiger partial charge in [-0.15, -0.1) is 0 Å². The van der Waals surface area contributed by atoms with Gasteiger partial charge in [0, 0.05) is 0 Å². The lowest BCUT2D eigenvalue weighted by atomic mass is 10.3. The smallest absolute Gasteiger partial charge is 0.449 e. The largest absolute Gasteiger partial charge is 0.511 e. The Balaban J connectivity index is 2.74. The van der Waals surface area contributed by atoms with Gasteiger partial charge in [0.1, 0.15) is 11.6 Å². The minimum absolute atomic E-state index is 0.110. The number of rotatable bonds is 1. The summed E-state index contributed by atoms with van der Waals surface area (Å²) in [7, 11) is 0. The molecule has 0 heterocycles. The lowest BCUT2D eigenvalue weighted by Gasteiger charge is -1.96. The second kappa shape index (κ2) is 3.01. The molecule has 0 aliphatic heterocycles. The Bertz CT molecular complexity index is 255. The summed E-state index contributed by atoms with van der Waals surface area (Å²) < 4.78 is 16.4. The number of ether oxygens (including phenoxy) is 1. The van der Waals surface area contributed by atoms with Crippen LogP contribution in [0.2, 0.25) is 0 Å². The third-order valence-corrected chi connectivity index (χ3v) is 1.02. The van der Waals surface area contributed by atoms with Gasteiger partial charge in [0.05, 0.1) is 0 Å². The van der Waals surface area contributed by atoms with Gasteiger partial charge in [0.2, 0.25) is 0 Å². The number of halogens is 1. The monoisotopic (exact) mass is 156 g/mol. The molecule has 58 valence electrons. The fourth-order valence-electron chi connectivity index (χ4n) is 0.603. The average molecular weight is 156 g/mol. The summed E-state index contributed by atoms with van der Waals surface area (Å²) in [4.78, 5) is 9.94. The molecule has 1 aromatic carbocycles. The van der Waals surface area contributed by atoms with Crippen LogP contribution in [-0.2, 0) is 0 Å². The van der Waals surface area contributed by atoms with Gasteiger partial charge in [0.25, 0.3) is 0 Å². The molecule has 0 saturated heterocycles. The van der Waals surface area contributed by atoms with Gasteiger partial charge in [-0.2, -0.15) is 0 Å². The van der Waals surface area contributed by atoms with Crippen LogP contribution in [0.15, 0.2) is 24.3 Å². The Morgan fingerprint density at radius 1 is 1.36 bits per heavy atom. The molecule has 0 atom stereocenters. The zero-order valence-electron chi connectivity index (χ0n) is 5.45. The number of hydrogen-bond acceptors (Lipinski definition) is 2. The molecule has 0 aromatic heterocycles. The highest BCUT2D eigenvalue weighted by atomic mass is 19.1. The standard InChI is InChI=1S/C7H5FO3/c8-5-1-3-6(4-2-5)11-7(9)10/h1-4H,(H,9,10). The molecule has 0 bridgehead atoms. The third kappa shape index (κ3) is 2.25. The first-order valence-corrected chi connectivity index (χ1v) is 2.85. The van der Waals surface area contributed by atoms with Gasteiger partial charge < -0.3 is 9.84 Å². The van der Waals surface area contributed by atoms with Crippen LogP contribution in [0.3, 0.4) is 0 Å². The van der Waals surface area contributed by atoms with Crippen molar-refractivity contribution in [1.82, 2.24) is 0 Å². The SMILES string of the molecule is O=C(O)Oc1ccc(F)cc1. The normalized spacial score (nSPS) is 9.18. The number of carboxylic acid groups (broad SMARTS) is 1. The third-order valence-electron chi connectivity index (χ3n) is 1.02. The Hall–Kier alpha value is -1.58. The Kier molecular flexibility index (Phi) is 2.06. The van der Waals surface area contributed by atoms with E-state index in [0.29, 0.717) is 0 Å².